The Morgan fingerprint density at radius 3 is 1.68 bits per heavy atom. The molecule has 0 bridgehead atoms. The monoisotopic (exact) mass is 256 g/mol. The van der Waals surface area contributed by atoms with Gasteiger partial charge in [0.1, 0.15) is 0 Å². The lowest BCUT2D eigenvalue weighted by Crippen LogP contribution is -2.29. The lowest BCUT2D eigenvalue weighted by molar-refractivity contribution is 0.101. The predicted molar refractivity (Wildman–Crippen MR) is 78.4 cm³/mol. The molecule has 3 nitrogen and oxygen atoms in total. The van der Waals surface area contributed by atoms with Crippen LogP contribution in [0.4, 0.5) is 0 Å². The Labute approximate surface area is 113 Å². The lowest BCUT2D eigenvalue weighted by Gasteiger charge is -2.04. The minimum absolute atomic E-state index is 0. The number of rotatable bonds is 3. The van der Waals surface area contributed by atoms with E-state index < -0.39 is 7.12 Å². The number of Topliss-reactive ketones (excluding diaryl/α,β-unsaturated/α-hetero) is 1. The third kappa shape index (κ3) is 3.53. The van der Waals surface area contributed by atoms with Gasteiger partial charge in [-0.3, -0.25) is 4.79 Å². The Balaban J connectivity index is 0.00000180. The van der Waals surface area contributed by atoms with Crippen LogP contribution in [0.3, 0.4) is 0 Å². The first-order valence-corrected chi connectivity index (χ1v) is 5.65. The first-order chi connectivity index (χ1) is 8.58. The fourth-order valence-corrected chi connectivity index (χ4v) is 1.75. The number of ketones is 1. The zero-order valence-corrected chi connectivity index (χ0v) is 10.00. The molecule has 0 atom stereocenters. The van der Waals surface area contributed by atoms with Crippen LogP contribution in [0.1, 0.15) is 24.7 Å². The Kier molecular flexibility index (Phi) is 5.04. The quantitative estimate of drug-likeness (QED) is 0.651. The molecule has 0 amide bonds. The first-order valence-electron chi connectivity index (χ1n) is 5.65. The molecule has 0 aromatic heterocycles. The zero-order valence-electron chi connectivity index (χ0n) is 10.00. The average Bonchev–Trinajstić information content (AvgIpc) is 2.39. The third-order valence-corrected chi connectivity index (χ3v) is 2.83. The molecule has 0 radical (unpaired) electrons. The summed E-state index contributed by atoms with van der Waals surface area (Å²) >= 11 is 0. The topological polar surface area (TPSA) is 57.5 Å². The fraction of sp³-hybridized carbons (Fsp3) is 0.133. The van der Waals surface area contributed by atoms with E-state index in [1.165, 1.54) is 6.92 Å². The van der Waals surface area contributed by atoms with Gasteiger partial charge in [-0.15, -0.1) is 0 Å². The van der Waals surface area contributed by atoms with E-state index in [-0.39, 0.29) is 13.2 Å². The molecule has 0 heterocycles. The average molecular weight is 256 g/mol. The molecular formula is C15H17BO3. The normalized spacial score (nSPS) is 9.63. The molecular weight excluding hydrogens is 239 g/mol. The van der Waals surface area contributed by atoms with E-state index in [4.69, 9.17) is 10.0 Å². The van der Waals surface area contributed by atoms with Crippen LogP contribution in [-0.2, 0) is 0 Å². The van der Waals surface area contributed by atoms with Crippen molar-refractivity contribution in [3.63, 3.8) is 0 Å². The molecule has 2 aromatic carbocycles. The van der Waals surface area contributed by atoms with Crippen molar-refractivity contribution in [2.75, 3.05) is 0 Å². The third-order valence-electron chi connectivity index (χ3n) is 2.83. The molecule has 98 valence electrons. The van der Waals surface area contributed by atoms with Crippen LogP contribution in [0, 0.1) is 0 Å². The number of hydrogen-bond acceptors (Lipinski definition) is 3. The molecule has 0 fully saturated rings. The summed E-state index contributed by atoms with van der Waals surface area (Å²) in [4.78, 5) is 11.2. The van der Waals surface area contributed by atoms with E-state index in [1.807, 2.05) is 24.3 Å². The molecule has 0 spiro atoms. The Morgan fingerprint density at radius 1 is 0.895 bits per heavy atom. The van der Waals surface area contributed by atoms with Crippen LogP contribution in [0.5, 0.6) is 0 Å². The number of benzene rings is 2. The van der Waals surface area contributed by atoms with Crippen LogP contribution < -0.4 is 5.46 Å². The maximum absolute atomic E-state index is 11.2. The predicted octanol–water partition coefficient (Wildman–Crippen LogP) is 1.87. The summed E-state index contributed by atoms with van der Waals surface area (Å²) in [6.07, 6.45) is 0. The molecule has 19 heavy (non-hydrogen) atoms. The van der Waals surface area contributed by atoms with Crippen molar-refractivity contribution in [2.24, 2.45) is 0 Å². The molecule has 4 heteroatoms. The van der Waals surface area contributed by atoms with Gasteiger partial charge >= 0.3 is 7.12 Å². The highest BCUT2D eigenvalue weighted by Crippen LogP contribution is 2.19. The van der Waals surface area contributed by atoms with Crippen molar-refractivity contribution in [1.29, 1.82) is 0 Å². The van der Waals surface area contributed by atoms with Crippen molar-refractivity contribution in [3.05, 3.63) is 54.1 Å². The largest absolute Gasteiger partial charge is 0.488 e. The number of carbonyl (C=O) groups excluding carboxylic acids is 1. The summed E-state index contributed by atoms with van der Waals surface area (Å²) < 4.78 is 0. The highest BCUT2D eigenvalue weighted by molar-refractivity contribution is 6.58. The molecule has 0 saturated heterocycles. The summed E-state index contributed by atoms with van der Waals surface area (Å²) in [5, 5.41) is 18.0. The molecule has 2 aromatic rings. The van der Waals surface area contributed by atoms with Crippen molar-refractivity contribution in [3.8, 4) is 11.1 Å². The highest BCUT2D eigenvalue weighted by atomic mass is 16.4. The van der Waals surface area contributed by atoms with Gasteiger partial charge in [-0.05, 0) is 23.5 Å². The molecule has 0 aliphatic rings. The van der Waals surface area contributed by atoms with Gasteiger partial charge in [0.2, 0.25) is 0 Å². The van der Waals surface area contributed by atoms with Crippen LogP contribution in [-0.4, -0.2) is 22.9 Å². The van der Waals surface area contributed by atoms with Crippen LogP contribution in [0.25, 0.3) is 11.1 Å². The summed E-state index contributed by atoms with van der Waals surface area (Å²) in [7, 11) is -1.45. The Morgan fingerprint density at radius 2 is 1.32 bits per heavy atom. The molecule has 0 aliphatic carbocycles. The summed E-state index contributed by atoms with van der Waals surface area (Å²) in [5.41, 5.74) is 3.09. The molecule has 0 saturated carbocycles. The van der Waals surface area contributed by atoms with Crippen molar-refractivity contribution >= 4 is 18.4 Å². The van der Waals surface area contributed by atoms with Crippen molar-refractivity contribution in [1.82, 2.24) is 0 Å². The van der Waals surface area contributed by atoms with Gasteiger partial charge in [0, 0.05) is 5.56 Å². The van der Waals surface area contributed by atoms with E-state index in [0.29, 0.717) is 11.0 Å². The van der Waals surface area contributed by atoms with E-state index in [1.54, 1.807) is 24.3 Å². The van der Waals surface area contributed by atoms with Crippen molar-refractivity contribution in [2.45, 2.75) is 14.4 Å². The van der Waals surface area contributed by atoms with E-state index in [0.717, 1.165) is 11.1 Å². The van der Waals surface area contributed by atoms with Crippen LogP contribution in [0.2, 0.25) is 0 Å². The minimum atomic E-state index is -1.45. The van der Waals surface area contributed by atoms with E-state index in [9.17, 15) is 4.79 Å². The molecule has 0 unspecified atom stereocenters. The van der Waals surface area contributed by atoms with Gasteiger partial charge < -0.3 is 10.0 Å². The standard InChI is InChI=1S/C14H13BO3.CH4/c1-10(16)11-2-4-12(5-3-11)13-6-8-14(9-7-13)15(17)18;/h2-9,17-18H,1H3;1H4. The van der Waals surface area contributed by atoms with Gasteiger partial charge in [-0.25, -0.2) is 0 Å². The smallest absolute Gasteiger partial charge is 0.423 e. The maximum Gasteiger partial charge on any atom is 0.488 e. The number of carbonyl (C=O) groups is 1. The summed E-state index contributed by atoms with van der Waals surface area (Å²) in [5.74, 6) is 0.0419. The second-order valence-corrected chi connectivity index (χ2v) is 4.13. The minimum Gasteiger partial charge on any atom is -0.423 e. The highest BCUT2D eigenvalue weighted by Gasteiger charge is 2.10. The Hall–Kier alpha value is -1.91. The van der Waals surface area contributed by atoms with Crippen LogP contribution in [0.15, 0.2) is 48.5 Å². The lowest BCUT2D eigenvalue weighted by atomic mass is 9.80. The summed E-state index contributed by atoms with van der Waals surface area (Å²) in [6.45, 7) is 1.53. The fourth-order valence-electron chi connectivity index (χ4n) is 1.75. The molecule has 0 aliphatic heterocycles. The second kappa shape index (κ2) is 6.32. The first kappa shape index (κ1) is 15.2. The van der Waals surface area contributed by atoms with Gasteiger partial charge in [0.05, 0.1) is 0 Å². The molecule has 2 N–H and O–H groups in total. The van der Waals surface area contributed by atoms with Crippen molar-refractivity contribution < 1.29 is 14.8 Å². The molecule has 2 rings (SSSR count). The number of hydrogen-bond donors (Lipinski definition) is 2. The SMILES string of the molecule is C.CC(=O)c1ccc(-c2ccc(B(O)O)cc2)cc1. The van der Waals surface area contributed by atoms with E-state index >= 15 is 0 Å². The van der Waals surface area contributed by atoms with Gasteiger partial charge in [0.25, 0.3) is 0 Å². The Bertz CT molecular complexity index is 545. The summed E-state index contributed by atoms with van der Waals surface area (Å²) in [6, 6.07) is 14.3. The zero-order chi connectivity index (χ0) is 13.1. The van der Waals surface area contributed by atoms with Gasteiger partial charge in [0.15, 0.2) is 5.78 Å². The van der Waals surface area contributed by atoms with E-state index in [2.05, 4.69) is 0 Å². The van der Waals surface area contributed by atoms with Gasteiger partial charge in [-0.1, -0.05) is 56.0 Å². The maximum atomic E-state index is 11.2. The van der Waals surface area contributed by atoms with Crippen LogP contribution >= 0.6 is 0 Å². The second-order valence-electron chi connectivity index (χ2n) is 4.13. The van der Waals surface area contributed by atoms with Gasteiger partial charge in [-0.2, -0.15) is 0 Å².